The molecule has 2 aromatic rings. The van der Waals surface area contributed by atoms with E-state index in [1.807, 2.05) is 0 Å². The van der Waals surface area contributed by atoms with Crippen LogP contribution in [0.15, 0.2) is 36.4 Å². The van der Waals surface area contributed by atoms with Crippen LogP contribution in [0.1, 0.15) is 0 Å². The number of methoxy groups -OCH3 is 1. The average Bonchev–Trinajstić information content (AvgIpc) is 2.43. The van der Waals surface area contributed by atoms with Crippen LogP contribution in [0.5, 0.6) is 17.2 Å². The average molecular weight is 314 g/mol. The van der Waals surface area contributed by atoms with E-state index in [0.29, 0.717) is 21.5 Å². The Morgan fingerprint density at radius 1 is 1.05 bits per heavy atom. The summed E-state index contributed by atoms with van der Waals surface area (Å²) in [6, 6.07) is 9.03. The highest BCUT2D eigenvalue weighted by Crippen LogP contribution is 2.34. The molecule has 0 heterocycles. The Kier molecular flexibility index (Phi) is 4.32. The summed E-state index contributed by atoms with van der Waals surface area (Å²) in [4.78, 5) is 10.4. The van der Waals surface area contributed by atoms with Crippen LogP contribution in [0.4, 0.5) is 5.69 Å². The number of nitrogens with zero attached hydrogens (tertiary/aromatic N) is 1. The lowest BCUT2D eigenvalue weighted by Gasteiger charge is -2.08. The molecule has 104 valence electrons. The number of rotatable bonds is 4. The first-order valence-corrected chi connectivity index (χ1v) is 6.22. The Balaban J connectivity index is 2.31. The minimum atomic E-state index is -0.541. The molecule has 0 spiro atoms. The van der Waals surface area contributed by atoms with E-state index in [0.717, 1.165) is 0 Å². The monoisotopic (exact) mass is 313 g/mol. The minimum Gasteiger partial charge on any atom is -0.490 e. The van der Waals surface area contributed by atoms with Crippen LogP contribution < -0.4 is 9.47 Å². The van der Waals surface area contributed by atoms with Gasteiger partial charge in [0, 0.05) is 6.07 Å². The lowest BCUT2D eigenvalue weighted by Crippen LogP contribution is -1.94. The molecular formula is C13H9Cl2NO4. The van der Waals surface area contributed by atoms with E-state index in [2.05, 4.69) is 0 Å². The maximum absolute atomic E-state index is 10.9. The van der Waals surface area contributed by atoms with Gasteiger partial charge in [0.2, 0.25) is 0 Å². The van der Waals surface area contributed by atoms with Crippen molar-refractivity contribution in [3.8, 4) is 17.2 Å². The van der Waals surface area contributed by atoms with Crippen LogP contribution in [0, 0.1) is 10.1 Å². The first-order valence-electron chi connectivity index (χ1n) is 5.46. The zero-order chi connectivity index (χ0) is 14.7. The van der Waals surface area contributed by atoms with Gasteiger partial charge in [0.25, 0.3) is 0 Å². The maximum atomic E-state index is 10.9. The number of nitro groups is 1. The molecule has 0 fully saturated rings. The molecule has 0 aliphatic rings. The zero-order valence-corrected chi connectivity index (χ0v) is 11.8. The Labute approximate surface area is 124 Å². The number of benzene rings is 2. The van der Waals surface area contributed by atoms with E-state index in [1.54, 1.807) is 18.2 Å². The van der Waals surface area contributed by atoms with Crippen LogP contribution in [0.2, 0.25) is 10.0 Å². The Morgan fingerprint density at radius 2 is 1.70 bits per heavy atom. The second kappa shape index (κ2) is 5.98. The molecule has 0 aliphatic carbocycles. The highest BCUT2D eigenvalue weighted by Gasteiger charge is 2.16. The smallest absolute Gasteiger partial charge is 0.314 e. The quantitative estimate of drug-likeness (QED) is 0.606. The van der Waals surface area contributed by atoms with Gasteiger partial charge in [-0.25, -0.2) is 0 Å². The third-order valence-electron chi connectivity index (χ3n) is 2.47. The summed E-state index contributed by atoms with van der Waals surface area (Å²) in [5, 5.41) is 11.7. The van der Waals surface area contributed by atoms with Crippen LogP contribution in [0.25, 0.3) is 0 Å². The molecule has 0 aromatic heterocycles. The molecule has 5 nitrogen and oxygen atoms in total. The second-order valence-electron chi connectivity index (χ2n) is 3.77. The van der Waals surface area contributed by atoms with E-state index in [4.69, 9.17) is 32.7 Å². The van der Waals surface area contributed by atoms with Crippen molar-refractivity contribution in [1.82, 2.24) is 0 Å². The van der Waals surface area contributed by atoms with Crippen molar-refractivity contribution < 1.29 is 14.4 Å². The summed E-state index contributed by atoms with van der Waals surface area (Å²) in [6.07, 6.45) is 0. The molecule has 20 heavy (non-hydrogen) atoms. The van der Waals surface area contributed by atoms with Gasteiger partial charge in [-0.05, 0) is 24.3 Å². The maximum Gasteiger partial charge on any atom is 0.314 e. The lowest BCUT2D eigenvalue weighted by molar-refractivity contribution is -0.385. The molecule has 0 radical (unpaired) electrons. The molecule has 2 aromatic carbocycles. The number of nitro benzene ring substituents is 1. The molecule has 0 aliphatic heterocycles. The molecular weight excluding hydrogens is 305 g/mol. The third-order valence-corrected chi connectivity index (χ3v) is 3.21. The third kappa shape index (κ3) is 3.12. The SMILES string of the molecule is COc1ccc(Oc2ccc(Cl)c(Cl)c2)cc1[N+](=O)[O-]. The number of hydrogen-bond acceptors (Lipinski definition) is 4. The lowest BCUT2D eigenvalue weighted by atomic mass is 10.2. The second-order valence-corrected chi connectivity index (χ2v) is 4.58. The van der Waals surface area contributed by atoms with Crippen molar-refractivity contribution in [2.24, 2.45) is 0 Å². The van der Waals surface area contributed by atoms with E-state index < -0.39 is 4.92 Å². The normalized spacial score (nSPS) is 10.2. The number of hydrogen-bond donors (Lipinski definition) is 0. The molecule has 2 rings (SSSR count). The first-order chi connectivity index (χ1) is 9.51. The zero-order valence-electron chi connectivity index (χ0n) is 10.3. The van der Waals surface area contributed by atoms with Gasteiger partial charge in [-0.1, -0.05) is 23.2 Å². The largest absolute Gasteiger partial charge is 0.490 e. The van der Waals surface area contributed by atoms with E-state index >= 15 is 0 Å². The van der Waals surface area contributed by atoms with E-state index in [-0.39, 0.29) is 11.4 Å². The van der Waals surface area contributed by atoms with Crippen molar-refractivity contribution in [2.75, 3.05) is 7.11 Å². The predicted molar refractivity (Wildman–Crippen MR) is 76.2 cm³/mol. The highest BCUT2D eigenvalue weighted by molar-refractivity contribution is 6.42. The Hall–Kier alpha value is -1.98. The van der Waals surface area contributed by atoms with Gasteiger partial charge in [-0.15, -0.1) is 0 Å². The van der Waals surface area contributed by atoms with Gasteiger partial charge < -0.3 is 9.47 Å². The van der Waals surface area contributed by atoms with Gasteiger partial charge in [-0.2, -0.15) is 0 Å². The highest BCUT2D eigenvalue weighted by atomic mass is 35.5. The summed E-state index contributed by atoms with van der Waals surface area (Å²) in [5.74, 6) is 0.895. The summed E-state index contributed by atoms with van der Waals surface area (Å²) in [5.41, 5.74) is -0.176. The number of ether oxygens (including phenoxy) is 2. The molecule has 0 saturated carbocycles. The van der Waals surface area contributed by atoms with Crippen molar-refractivity contribution in [3.05, 3.63) is 56.6 Å². The fraction of sp³-hybridized carbons (Fsp3) is 0.0769. The van der Waals surface area contributed by atoms with Gasteiger partial charge in [0.05, 0.1) is 28.1 Å². The molecule has 0 bridgehead atoms. The minimum absolute atomic E-state index is 0.163. The number of halogens is 2. The topological polar surface area (TPSA) is 61.6 Å². The van der Waals surface area contributed by atoms with Gasteiger partial charge in [0.1, 0.15) is 11.5 Å². The molecule has 0 amide bonds. The van der Waals surface area contributed by atoms with E-state index in [1.165, 1.54) is 25.3 Å². The summed E-state index contributed by atoms with van der Waals surface area (Å²) in [7, 11) is 1.36. The van der Waals surface area contributed by atoms with Crippen LogP contribution in [-0.2, 0) is 0 Å². The van der Waals surface area contributed by atoms with Crippen molar-refractivity contribution in [3.63, 3.8) is 0 Å². The van der Waals surface area contributed by atoms with Crippen molar-refractivity contribution in [1.29, 1.82) is 0 Å². The van der Waals surface area contributed by atoms with Crippen molar-refractivity contribution >= 4 is 28.9 Å². The first kappa shape index (κ1) is 14.4. The van der Waals surface area contributed by atoms with Gasteiger partial charge in [-0.3, -0.25) is 10.1 Å². The molecule has 0 saturated heterocycles. The summed E-state index contributed by atoms with van der Waals surface area (Å²) < 4.78 is 10.4. The fourth-order valence-electron chi connectivity index (χ4n) is 1.55. The van der Waals surface area contributed by atoms with E-state index in [9.17, 15) is 10.1 Å². The Bertz CT molecular complexity index is 661. The fourth-order valence-corrected chi connectivity index (χ4v) is 1.84. The molecule has 0 N–H and O–H groups in total. The predicted octanol–water partition coefficient (Wildman–Crippen LogP) is 4.70. The Morgan fingerprint density at radius 3 is 2.30 bits per heavy atom. The van der Waals surface area contributed by atoms with Crippen LogP contribution >= 0.6 is 23.2 Å². The standard InChI is InChI=1S/C13H9Cl2NO4/c1-19-13-5-3-9(7-12(13)16(17)18)20-8-2-4-10(14)11(15)6-8/h2-7H,1H3. The molecule has 7 heteroatoms. The van der Waals surface area contributed by atoms with Crippen LogP contribution in [0.3, 0.4) is 0 Å². The van der Waals surface area contributed by atoms with Gasteiger partial charge >= 0.3 is 5.69 Å². The van der Waals surface area contributed by atoms with Crippen molar-refractivity contribution in [2.45, 2.75) is 0 Å². The van der Waals surface area contributed by atoms with Crippen LogP contribution in [-0.4, -0.2) is 12.0 Å². The summed E-state index contributed by atoms with van der Waals surface area (Å²) in [6.45, 7) is 0. The molecule has 0 unspecified atom stereocenters. The van der Waals surface area contributed by atoms with Gasteiger partial charge in [0.15, 0.2) is 5.75 Å². The molecule has 0 atom stereocenters. The summed E-state index contributed by atoms with van der Waals surface area (Å²) >= 11 is 11.7.